The predicted molar refractivity (Wildman–Crippen MR) is 145 cm³/mol. The van der Waals surface area contributed by atoms with Gasteiger partial charge in [0, 0.05) is 24.7 Å². The zero-order chi connectivity index (χ0) is 25.9. The zero-order valence-corrected chi connectivity index (χ0v) is 21.9. The van der Waals surface area contributed by atoms with Gasteiger partial charge in [0.05, 0.1) is 30.1 Å². The molecule has 194 valence electrons. The third-order valence-corrected chi connectivity index (χ3v) is 7.93. The largest absolute Gasteiger partial charge is 0.465 e. The van der Waals surface area contributed by atoms with Crippen LogP contribution in [0.15, 0.2) is 47.3 Å². The number of amides is 1. The standard InChI is InChI=1S/C28H32N4O4S/c1-36-27(35)21-9-10-23-24(17-21)29-28(37)32(26(23)34)18-19-5-7-20(8-6-19)25(33)31-15-11-22(12-16-31)30-13-3-2-4-14-30/h5-10,17,22H,2-4,11-16,18H2,1H3,(H,29,37). The van der Waals surface area contributed by atoms with E-state index in [2.05, 4.69) is 9.88 Å². The maximum atomic E-state index is 13.1. The fourth-order valence-electron chi connectivity index (χ4n) is 5.48. The fourth-order valence-corrected chi connectivity index (χ4v) is 5.74. The molecule has 5 rings (SSSR count). The van der Waals surface area contributed by atoms with Gasteiger partial charge in [0.2, 0.25) is 0 Å². The van der Waals surface area contributed by atoms with Gasteiger partial charge in [-0.25, -0.2) is 4.79 Å². The van der Waals surface area contributed by atoms with Gasteiger partial charge < -0.3 is 19.5 Å². The highest BCUT2D eigenvalue weighted by molar-refractivity contribution is 7.71. The van der Waals surface area contributed by atoms with Crippen LogP contribution >= 0.6 is 12.2 Å². The summed E-state index contributed by atoms with van der Waals surface area (Å²) in [5.74, 6) is -0.420. The first-order chi connectivity index (χ1) is 17.9. The molecule has 0 unspecified atom stereocenters. The second-order valence-corrected chi connectivity index (χ2v) is 10.3. The Morgan fingerprint density at radius 3 is 2.32 bits per heavy atom. The Bertz CT molecular complexity index is 1410. The minimum atomic E-state index is -0.480. The first kappa shape index (κ1) is 25.4. The smallest absolute Gasteiger partial charge is 0.337 e. The maximum absolute atomic E-state index is 13.1. The van der Waals surface area contributed by atoms with Crippen LogP contribution in [0.25, 0.3) is 10.9 Å². The van der Waals surface area contributed by atoms with Gasteiger partial charge in [0.15, 0.2) is 4.77 Å². The van der Waals surface area contributed by atoms with E-state index >= 15 is 0 Å². The number of hydrogen-bond acceptors (Lipinski definition) is 6. The first-order valence-corrected chi connectivity index (χ1v) is 13.3. The monoisotopic (exact) mass is 520 g/mol. The fraction of sp³-hybridized carbons (Fsp3) is 0.429. The number of carbonyl (C=O) groups excluding carboxylic acids is 2. The second-order valence-electron chi connectivity index (χ2n) is 9.89. The predicted octanol–water partition coefficient (Wildman–Crippen LogP) is 3.98. The number of rotatable bonds is 5. The Labute approximate surface area is 220 Å². The van der Waals surface area contributed by atoms with Crippen molar-refractivity contribution in [2.45, 2.75) is 44.7 Å². The molecule has 8 nitrogen and oxygen atoms in total. The van der Waals surface area contributed by atoms with Crippen LogP contribution in [0.3, 0.4) is 0 Å². The molecule has 1 aromatic heterocycles. The summed E-state index contributed by atoms with van der Waals surface area (Å²) >= 11 is 5.44. The molecule has 1 N–H and O–H groups in total. The number of hydrogen-bond donors (Lipinski definition) is 1. The normalized spacial score (nSPS) is 17.2. The molecule has 9 heteroatoms. The number of likely N-dealkylation sites (tertiary alicyclic amines) is 2. The summed E-state index contributed by atoms with van der Waals surface area (Å²) in [6.07, 6.45) is 5.99. The Balaban J connectivity index is 1.26. The molecule has 0 radical (unpaired) electrons. The molecule has 0 spiro atoms. The molecule has 0 saturated carbocycles. The molecular weight excluding hydrogens is 488 g/mol. The van der Waals surface area contributed by atoms with E-state index in [9.17, 15) is 14.4 Å². The highest BCUT2D eigenvalue weighted by Gasteiger charge is 2.28. The van der Waals surface area contributed by atoms with Crippen molar-refractivity contribution in [2.75, 3.05) is 33.3 Å². The molecule has 2 aliphatic heterocycles. The number of piperidine rings is 2. The zero-order valence-electron chi connectivity index (χ0n) is 21.1. The van der Waals surface area contributed by atoms with Crippen molar-refractivity contribution in [3.8, 4) is 0 Å². The van der Waals surface area contributed by atoms with Crippen LogP contribution in [0.1, 0.15) is 58.4 Å². The van der Waals surface area contributed by atoms with Gasteiger partial charge in [0.25, 0.3) is 11.5 Å². The van der Waals surface area contributed by atoms with Crippen molar-refractivity contribution in [3.63, 3.8) is 0 Å². The summed E-state index contributed by atoms with van der Waals surface area (Å²) in [5.41, 5.74) is 2.11. The van der Waals surface area contributed by atoms with Crippen LogP contribution in [0.5, 0.6) is 0 Å². The van der Waals surface area contributed by atoms with E-state index in [1.54, 1.807) is 18.2 Å². The molecule has 2 aliphatic rings. The van der Waals surface area contributed by atoms with E-state index < -0.39 is 5.97 Å². The minimum Gasteiger partial charge on any atom is -0.465 e. The summed E-state index contributed by atoms with van der Waals surface area (Å²) in [5, 5.41) is 0.431. The van der Waals surface area contributed by atoms with E-state index in [0.717, 1.165) is 31.5 Å². The number of nitrogens with zero attached hydrogens (tertiary/aromatic N) is 3. The maximum Gasteiger partial charge on any atom is 0.337 e. The average Bonchev–Trinajstić information content (AvgIpc) is 2.95. The van der Waals surface area contributed by atoms with Gasteiger partial charge in [-0.3, -0.25) is 14.2 Å². The van der Waals surface area contributed by atoms with Crippen molar-refractivity contribution >= 4 is 35.0 Å². The number of nitrogens with one attached hydrogen (secondary N) is 1. The van der Waals surface area contributed by atoms with Gasteiger partial charge >= 0.3 is 5.97 Å². The van der Waals surface area contributed by atoms with Crippen molar-refractivity contribution < 1.29 is 14.3 Å². The molecule has 1 amide bonds. The average molecular weight is 521 g/mol. The van der Waals surface area contributed by atoms with Crippen LogP contribution in [-0.2, 0) is 11.3 Å². The summed E-state index contributed by atoms with van der Waals surface area (Å²) in [7, 11) is 1.31. The Morgan fingerprint density at radius 2 is 1.65 bits per heavy atom. The van der Waals surface area contributed by atoms with Crippen LogP contribution in [-0.4, -0.2) is 70.6 Å². The van der Waals surface area contributed by atoms with Crippen molar-refractivity contribution in [3.05, 3.63) is 74.3 Å². The topological polar surface area (TPSA) is 87.6 Å². The lowest BCUT2D eigenvalue weighted by atomic mass is 9.99. The molecular formula is C28H32N4O4S. The molecule has 2 fully saturated rings. The summed E-state index contributed by atoms with van der Waals surface area (Å²) in [6.45, 7) is 4.25. The van der Waals surface area contributed by atoms with E-state index in [0.29, 0.717) is 28.1 Å². The van der Waals surface area contributed by atoms with Crippen molar-refractivity contribution in [1.29, 1.82) is 0 Å². The Morgan fingerprint density at radius 1 is 0.973 bits per heavy atom. The number of fused-ring (bicyclic) bond motifs is 1. The van der Waals surface area contributed by atoms with Crippen LogP contribution < -0.4 is 5.56 Å². The van der Waals surface area contributed by atoms with Crippen LogP contribution in [0.4, 0.5) is 0 Å². The summed E-state index contributed by atoms with van der Waals surface area (Å²) < 4.78 is 6.50. The quantitative estimate of drug-likeness (QED) is 0.405. The number of aromatic nitrogens is 2. The van der Waals surface area contributed by atoms with Crippen molar-refractivity contribution in [1.82, 2.24) is 19.4 Å². The van der Waals surface area contributed by atoms with Gasteiger partial charge in [-0.2, -0.15) is 0 Å². The van der Waals surface area contributed by atoms with Gasteiger partial charge in [-0.05, 0) is 86.9 Å². The Hall–Kier alpha value is -3.30. The lowest BCUT2D eigenvalue weighted by Crippen LogP contribution is -2.48. The minimum absolute atomic E-state index is 0.0604. The number of H-pyrrole nitrogens is 1. The molecule has 0 bridgehead atoms. The molecule has 3 heterocycles. The summed E-state index contributed by atoms with van der Waals surface area (Å²) in [4.78, 5) is 45.7. The van der Waals surface area contributed by atoms with Gasteiger partial charge in [-0.15, -0.1) is 0 Å². The van der Waals surface area contributed by atoms with E-state index in [-0.39, 0.29) is 22.8 Å². The van der Waals surface area contributed by atoms with E-state index in [1.165, 1.54) is 44.0 Å². The first-order valence-electron chi connectivity index (χ1n) is 12.9. The molecule has 37 heavy (non-hydrogen) atoms. The number of aromatic amines is 1. The van der Waals surface area contributed by atoms with E-state index in [1.807, 2.05) is 29.2 Å². The van der Waals surface area contributed by atoms with E-state index in [4.69, 9.17) is 17.0 Å². The van der Waals surface area contributed by atoms with Crippen LogP contribution in [0, 0.1) is 4.77 Å². The lowest BCUT2D eigenvalue weighted by Gasteiger charge is -2.40. The molecule has 0 aliphatic carbocycles. The van der Waals surface area contributed by atoms with Gasteiger partial charge in [0.1, 0.15) is 0 Å². The van der Waals surface area contributed by atoms with Crippen LogP contribution in [0.2, 0.25) is 0 Å². The SMILES string of the molecule is COC(=O)c1ccc2c(=O)n(Cc3ccc(C(=O)N4CCC(N5CCCCC5)CC4)cc3)c(=S)[nH]c2c1. The Kier molecular flexibility index (Phi) is 7.53. The number of carbonyl (C=O) groups is 2. The number of methoxy groups -OCH3 is 1. The number of benzene rings is 2. The molecule has 2 saturated heterocycles. The molecule has 2 aromatic carbocycles. The van der Waals surface area contributed by atoms with Gasteiger partial charge in [-0.1, -0.05) is 18.6 Å². The number of ether oxygens (including phenoxy) is 1. The molecule has 0 atom stereocenters. The number of esters is 1. The third-order valence-electron chi connectivity index (χ3n) is 7.60. The highest BCUT2D eigenvalue weighted by atomic mass is 32.1. The summed E-state index contributed by atoms with van der Waals surface area (Å²) in [6, 6.07) is 12.7. The second kappa shape index (κ2) is 11.0. The third kappa shape index (κ3) is 5.38. The van der Waals surface area contributed by atoms with Crippen molar-refractivity contribution in [2.24, 2.45) is 0 Å². The molecule has 3 aromatic rings. The highest BCUT2D eigenvalue weighted by Crippen LogP contribution is 2.22. The lowest BCUT2D eigenvalue weighted by molar-refractivity contribution is 0.0586.